The molecule has 2 N–H and O–H groups in total. The number of fused-ring (bicyclic) bond motifs is 1. The number of rotatable bonds is 7. The second kappa shape index (κ2) is 9.21. The summed E-state index contributed by atoms with van der Waals surface area (Å²) in [6, 6.07) is 9.68. The molecule has 0 saturated heterocycles. The van der Waals surface area contributed by atoms with E-state index in [-0.39, 0.29) is 17.5 Å². The molecule has 0 saturated carbocycles. The summed E-state index contributed by atoms with van der Waals surface area (Å²) in [5.41, 5.74) is 1.91. The molecule has 176 valence electrons. The third-order valence-corrected chi connectivity index (χ3v) is 4.57. The average molecular weight is 473 g/mol. The lowest BCUT2D eigenvalue weighted by Gasteiger charge is -2.08. The molecule has 4 heterocycles. The number of nitrogens with zero attached hydrogens (tertiary/aromatic N) is 5. The number of carbonyl (C=O) groups excluding carboxylic acids is 1. The molecule has 34 heavy (non-hydrogen) atoms. The first kappa shape index (κ1) is 22.8. The molecule has 0 aliphatic rings. The van der Waals surface area contributed by atoms with E-state index in [1.807, 2.05) is 6.07 Å². The molecule has 0 bridgehead atoms. The lowest BCUT2D eigenvalue weighted by Crippen LogP contribution is -2.34. The number of halogens is 3. The van der Waals surface area contributed by atoms with Gasteiger partial charge in [0.15, 0.2) is 11.4 Å². The van der Waals surface area contributed by atoms with Gasteiger partial charge in [0.05, 0.1) is 14.2 Å². The van der Waals surface area contributed by atoms with Gasteiger partial charge in [-0.2, -0.15) is 18.2 Å². The van der Waals surface area contributed by atoms with E-state index >= 15 is 0 Å². The Morgan fingerprint density at radius 2 is 1.91 bits per heavy atom. The highest BCUT2D eigenvalue weighted by molar-refractivity contribution is 5.92. The summed E-state index contributed by atoms with van der Waals surface area (Å²) in [6.45, 7) is -1.45. The quantitative estimate of drug-likeness (QED) is 0.420. The number of methoxy groups -OCH3 is 2. The van der Waals surface area contributed by atoms with Crippen LogP contribution in [0.2, 0.25) is 0 Å². The van der Waals surface area contributed by atoms with Gasteiger partial charge in [0.1, 0.15) is 18.1 Å². The fraction of sp³-hybridized carbons (Fsp3) is 0.190. The number of hydrogen-bond donors (Lipinski definition) is 2. The molecule has 0 unspecified atom stereocenters. The van der Waals surface area contributed by atoms with Crippen molar-refractivity contribution >= 4 is 23.3 Å². The zero-order valence-corrected chi connectivity index (χ0v) is 17.9. The lowest BCUT2D eigenvalue weighted by atomic mass is 10.1. The van der Waals surface area contributed by atoms with Crippen molar-refractivity contribution in [1.82, 2.24) is 29.9 Å². The topological polar surface area (TPSA) is 116 Å². The predicted molar refractivity (Wildman–Crippen MR) is 115 cm³/mol. The van der Waals surface area contributed by atoms with Crippen molar-refractivity contribution in [3.05, 3.63) is 54.5 Å². The van der Waals surface area contributed by atoms with Gasteiger partial charge >= 0.3 is 6.18 Å². The number of nitrogens with one attached hydrogen (secondary N) is 2. The molecule has 0 aliphatic heterocycles. The number of amides is 1. The van der Waals surface area contributed by atoms with Crippen LogP contribution in [0, 0.1) is 0 Å². The Bertz CT molecular complexity index is 1340. The van der Waals surface area contributed by atoms with Gasteiger partial charge in [-0.15, -0.1) is 5.10 Å². The average Bonchev–Trinajstić information content (AvgIpc) is 3.23. The van der Waals surface area contributed by atoms with E-state index in [0.717, 1.165) is 11.1 Å². The molecule has 4 aromatic heterocycles. The van der Waals surface area contributed by atoms with Crippen LogP contribution in [-0.2, 0) is 0 Å². The Hall–Kier alpha value is -4.42. The number of ether oxygens (including phenoxy) is 2. The Labute approximate surface area is 190 Å². The first-order chi connectivity index (χ1) is 16.3. The van der Waals surface area contributed by atoms with Gasteiger partial charge in [-0.1, -0.05) is 6.07 Å². The van der Waals surface area contributed by atoms with Crippen LogP contribution in [0.5, 0.6) is 11.6 Å². The van der Waals surface area contributed by atoms with Gasteiger partial charge in [-0.25, -0.2) is 14.5 Å². The van der Waals surface area contributed by atoms with E-state index in [4.69, 9.17) is 9.47 Å². The SMILES string of the molecule is COc1cc(-c2ccc3nc(Nc4cccc(C(=O)NCC(F)(F)F)n4)nn3c2)cnc1OC. The van der Waals surface area contributed by atoms with Crippen LogP contribution in [0.25, 0.3) is 16.8 Å². The molecule has 13 heteroatoms. The van der Waals surface area contributed by atoms with E-state index in [0.29, 0.717) is 17.3 Å². The standard InChI is InChI=1S/C21H18F3N7O3/c1-33-15-8-13(9-25-19(15)34-2)12-6-7-17-29-20(30-31(17)10-12)28-16-5-3-4-14(27-16)18(32)26-11-21(22,23)24/h3-10H,11H2,1-2H3,(H,26,32)(H,27,28,30). The normalized spacial score (nSPS) is 11.3. The van der Waals surface area contributed by atoms with Crippen molar-refractivity contribution < 1.29 is 27.4 Å². The van der Waals surface area contributed by atoms with Gasteiger partial charge in [0.25, 0.3) is 11.8 Å². The van der Waals surface area contributed by atoms with Gasteiger partial charge in [0.2, 0.25) is 5.95 Å². The Morgan fingerprint density at radius 1 is 1.09 bits per heavy atom. The molecule has 4 rings (SSSR count). The van der Waals surface area contributed by atoms with Crippen molar-refractivity contribution in [3.63, 3.8) is 0 Å². The van der Waals surface area contributed by atoms with Crippen molar-refractivity contribution in [2.75, 3.05) is 26.1 Å². The first-order valence-electron chi connectivity index (χ1n) is 9.79. The second-order valence-electron chi connectivity index (χ2n) is 6.92. The highest BCUT2D eigenvalue weighted by Gasteiger charge is 2.28. The molecule has 4 aromatic rings. The number of hydrogen-bond acceptors (Lipinski definition) is 8. The first-order valence-corrected chi connectivity index (χ1v) is 9.79. The minimum atomic E-state index is -4.52. The van der Waals surface area contributed by atoms with Crippen LogP contribution in [0.15, 0.2) is 48.8 Å². The van der Waals surface area contributed by atoms with Crippen LogP contribution in [0.4, 0.5) is 24.9 Å². The molecule has 0 atom stereocenters. The number of anilines is 2. The molecule has 10 nitrogen and oxygen atoms in total. The van der Waals surface area contributed by atoms with E-state index < -0.39 is 18.6 Å². The van der Waals surface area contributed by atoms with Crippen LogP contribution in [0.3, 0.4) is 0 Å². The van der Waals surface area contributed by atoms with Gasteiger partial charge in [-0.05, 0) is 30.3 Å². The molecule has 0 aliphatic carbocycles. The fourth-order valence-electron chi connectivity index (χ4n) is 3.01. The summed E-state index contributed by atoms with van der Waals surface area (Å²) in [5.74, 6) is 0.271. The number of pyridine rings is 3. The van der Waals surface area contributed by atoms with Crippen LogP contribution >= 0.6 is 0 Å². The Morgan fingerprint density at radius 3 is 2.65 bits per heavy atom. The number of alkyl halides is 3. The molecule has 0 radical (unpaired) electrons. The van der Waals surface area contributed by atoms with Gasteiger partial charge < -0.3 is 20.1 Å². The van der Waals surface area contributed by atoms with E-state index in [9.17, 15) is 18.0 Å². The number of aromatic nitrogens is 5. The molecule has 0 fully saturated rings. The van der Waals surface area contributed by atoms with Crippen LogP contribution in [0.1, 0.15) is 10.5 Å². The minimum absolute atomic E-state index is 0.179. The summed E-state index contributed by atoms with van der Waals surface area (Å²) < 4.78 is 49.0. The molecule has 0 aromatic carbocycles. The lowest BCUT2D eigenvalue weighted by molar-refractivity contribution is -0.123. The summed E-state index contributed by atoms with van der Waals surface area (Å²) in [4.78, 5) is 24.5. The zero-order valence-electron chi connectivity index (χ0n) is 17.9. The number of carbonyl (C=O) groups is 1. The zero-order chi connectivity index (χ0) is 24.3. The van der Waals surface area contributed by atoms with Gasteiger partial charge in [-0.3, -0.25) is 4.79 Å². The minimum Gasteiger partial charge on any atom is -0.491 e. The van der Waals surface area contributed by atoms with Crippen LogP contribution < -0.4 is 20.1 Å². The van der Waals surface area contributed by atoms with E-state index in [2.05, 4.69) is 25.4 Å². The Balaban J connectivity index is 1.54. The van der Waals surface area contributed by atoms with Gasteiger partial charge in [0, 0.05) is 23.5 Å². The monoisotopic (exact) mass is 473 g/mol. The van der Waals surface area contributed by atoms with Crippen molar-refractivity contribution in [3.8, 4) is 22.8 Å². The summed E-state index contributed by atoms with van der Waals surface area (Å²) in [7, 11) is 3.02. The third-order valence-electron chi connectivity index (χ3n) is 4.57. The summed E-state index contributed by atoms with van der Waals surface area (Å²) >= 11 is 0. The molecule has 1 amide bonds. The smallest absolute Gasteiger partial charge is 0.405 e. The predicted octanol–water partition coefficient (Wildman–Crippen LogP) is 3.24. The fourth-order valence-corrected chi connectivity index (χ4v) is 3.01. The molecule has 0 spiro atoms. The molecular weight excluding hydrogens is 455 g/mol. The maximum absolute atomic E-state index is 12.3. The highest BCUT2D eigenvalue weighted by atomic mass is 19.4. The maximum Gasteiger partial charge on any atom is 0.405 e. The van der Waals surface area contributed by atoms with Crippen LogP contribution in [-0.4, -0.2) is 57.4 Å². The maximum atomic E-state index is 12.3. The molecular formula is C21H18F3N7O3. The largest absolute Gasteiger partial charge is 0.491 e. The second-order valence-corrected chi connectivity index (χ2v) is 6.92. The summed E-state index contributed by atoms with van der Waals surface area (Å²) in [6.07, 6.45) is -1.14. The van der Waals surface area contributed by atoms with Crippen molar-refractivity contribution in [1.29, 1.82) is 0 Å². The third kappa shape index (κ3) is 5.14. The van der Waals surface area contributed by atoms with Crippen molar-refractivity contribution in [2.45, 2.75) is 6.18 Å². The van der Waals surface area contributed by atoms with E-state index in [1.54, 1.807) is 29.8 Å². The highest BCUT2D eigenvalue weighted by Crippen LogP contribution is 2.30. The van der Waals surface area contributed by atoms with Crippen molar-refractivity contribution in [2.24, 2.45) is 0 Å². The summed E-state index contributed by atoms with van der Waals surface area (Å²) in [5, 5.41) is 8.97. The Kier molecular flexibility index (Phi) is 6.17. The van der Waals surface area contributed by atoms with E-state index in [1.165, 1.54) is 36.9 Å².